The Kier molecular flexibility index (Phi) is 3.41. The molecule has 0 aliphatic heterocycles. The number of rotatable bonds is 4. The molecule has 1 fully saturated rings. The number of carbonyl (C=O) groups is 2. The van der Waals surface area contributed by atoms with Crippen molar-refractivity contribution in [2.45, 2.75) is 25.3 Å². The molecule has 1 aromatic carbocycles. The van der Waals surface area contributed by atoms with Crippen LogP contribution in [0, 0.1) is 6.92 Å². The van der Waals surface area contributed by atoms with Gasteiger partial charge in [0, 0.05) is 11.2 Å². The number of hydrogen-bond donors (Lipinski definition) is 2. The molecule has 114 valence electrons. The van der Waals surface area contributed by atoms with Crippen molar-refractivity contribution in [1.82, 2.24) is 15.1 Å². The van der Waals surface area contributed by atoms with Crippen molar-refractivity contribution in [3.8, 4) is 5.69 Å². The summed E-state index contributed by atoms with van der Waals surface area (Å²) in [6, 6.07) is 7.04. The molecule has 0 unspecified atom stereocenters. The van der Waals surface area contributed by atoms with E-state index in [1.807, 2.05) is 0 Å². The number of carbonyl (C=O) groups excluding carboxylic acids is 1. The summed E-state index contributed by atoms with van der Waals surface area (Å²) >= 11 is 5.85. The third kappa shape index (κ3) is 2.57. The van der Waals surface area contributed by atoms with Crippen LogP contribution in [0.3, 0.4) is 0 Å². The molecule has 1 heterocycles. The predicted molar refractivity (Wildman–Crippen MR) is 80.4 cm³/mol. The molecule has 0 atom stereocenters. The number of hydrogen-bond acceptors (Lipinski definition) is 3. The van der Waals surface area contributed by atoms with Gasteiger partial charge < -0.3 is 10.4 Å². The van der Waals surface area contributed by atoms with Gasteiger partial charge in [-0.05, 0) is 44.0 Å². The van der Waals surface area contributed by atoms with Crippen LogP contribution in [-0.4, -0.2) is 32.3 Å². The second kappa shape index (κ2) is 5.14. The average Bonchev–Trinajstić information content (AvgIpc) is 3.15. The van der Waals surface area contributed by atoms with Crippen LogP contribution in [0.25, 0.3) is 5.69 Å². The summed E-state index contributed by atoms with van der Waals surface area (Å²) < 4.78 is 1.57. The summed E-state index contributed by atoms with van der Waals surface area (Å²) in [5.74, 6) is -1.42. The molecule has 1 saturated carbocycles. The van der Waals surface area contributed by atoms with Crippen LogP contribution in [-0.2, 0) is 4.79 Å². The third-order valence-corrected chi connectivity index (χ3v) is 4.00. The molecular formula is C15H14ClN3O3. The molecule has 1 amide bonds. The number of carboxylic acids is 1. The first kappa shape index (κ1) is 14.6. The molecule has 0 bridgehead atoms. The highest BCUT2D eigenvalue weighted by atomic mass is 35.5. The van der Waals surface area contributed by atoms with Crippen LogP contribution >= 0.6 is 11.6 Å². The normalized spacial score (nSPS) is 15.4. The van der Waals surface area contributed by atoms with Crippen molar-refractivity contribution < 1.29 is 14.7 Å². The fourth-order valence-electron chi connectivity index (χ4n) is 2.21. The minimum atomic E-state index is -1.11. The van der Waals surface area contributed by atoms with Gasteiger partial charge in [0.25, 0.3) is 5.91 Å². The topological polar surface area (TPSA) is 84.2 Å². The van der Waals surface area contributed by atoms with E-state index in [4.69, 9.17) is 16.7 Å². The summed E-state index contributed by atoms with van der Waals surface area (Å²) in [4.78, 5) is 23.4. The maximum atomic E-state index is 12.3. The number of nitrogens with one attached hydrogen (secondary N) is 1. The lowest BCUT2D eigenvalue weighted by Gasteiger charge is -2.11. The largest absolute Gasteiger partial charge is 0.480 e. The van der Waals surface area contributed by atoms with Crippen molar-refractivity contribution in [1.29, 1.82) is 0 Å². The maximum absolute atomic E-state index is 12.3. The highest BCUT2D eigenvalue weighted by molar-refractivity contribution is 6.30. The van der Waals surface area contributed by atoms with Crippen LogP contribution in [0.15, 0.2) is 30.5 Å². The quantitative estimate of drug-likeness (QED) is 0.904. The van der Waals surface area contributed by atoms with Crippen molar-refractivity contribution in [3.63, 3.8) is 0 Å². The van der Waals surface area contributed by atoms with Crippen molar-refractivity contribution in [3.05, 3.63) is 46.7 Å². The zero-order chi connectivity index (χ0) is 15.9. The second-order valence-corrected chi connectivity index (χ2v) is 5.83. The highest BCUT2D eigenvalue weighted by Gasteiger charge is 2.51. The van der Waals surface area contributed by atoms with E-state index in [0.717, 1.165) is 5.69 Å². The molecule has 1 aliphatic carbocycles. The molecule has 1 aliphatic rings. The molecule has 6 nitrogen and oxygen atoms in total. The van der Waals surface area contributed by atoms with Crippen molar-refractivity contribution >= 4 is 23.5 Å². The van der Waals surface area contributed by atoms with Crippen LogP contribution < -0.4 is 5.32 Å². The van der Waals surface area contributed by atoms with E-state index >= 15 is 0 Å². The number of aromatic nitrogens is 2. The Bertz CT molecular complexity index is 748. The lowest BCUT2D eigenvalue weighted by molar-refractivity contribution is -0.140. The highest BCUT2D eigenvalue weighted by Crippen LogP contribution is 2.35. The first-order chi connectivity index (χ1) is 10.4. The van der Waals surface area contributed by atoms with E-state index in [9.17, 15) is 9.59 Å². The van der Waals surface area contributed by atoms with Gasteiger partial charge in [0.15, 0.2) is 0 Å². The summed E-state index contributed by atoms with van der Waals surface area (Å²) in [6.45, 7) is 1.71. The zero-order valence-electron chi connectivity index (χ0n) is 11.8. The van der Waals surface area contributed by atoms with E-state index in [-0.39, 0.29) is 0 Å². The van der Waals surface area contributed by atoms with E-state index in [1.165, 1.54) is 0 Å². The number of nitrogens with zero attached hydrogens (tertiary/aromatic N) is 2. The standard InChI is InChI=1S/C15H14ClN3O3/c1-9-12(13(20)17-15(6-7-15)14(21)22)8-19(18-9)11-4-2-10(16)3-5-11/h2-5,8H,6-7H2,1H3,(H,17,20)(H,21,22). The Labute approximate surface area is 131 Å². The SMILES string of the molecule is Cc1nn(-c2ccc(Cl)cc2)cc1C(=O)NC1(C(=O)O)CC1. The Balaban J connectivity index is 1.85. The molecule has 0 saturated heterocycles. The van der Waals surface area contributed by atoms with Crippen LogP contribution in [0.2, 0.25) is 5.02 Å². The Morgan fingerprint density at radius 2 is 1.95 bits per heavy atom. The van der Waals surface area contributed by atoms with Gasteiger partial charge in [-0.1, -0.05) is 11.6 Å². The molecule has 1 aromatic heterocycles. The lowest BCUT2D eigenvalue weighted by atomic mass is 10.2. The molecular weight excluding hydrogens is 306 g/mol. The monoisotopic (exact) mass is 319 g/mol. The summed E-state index contributed by atoms with van der Waals surface area (Å²) in [5.41, 5.74) is 0.563. The van der Waals surface area contributed by atoms with Crippen molar-refractivity contribution in [2.24, 2.45) is 0 Å². The van der Waals surface area contributed by atoms with Crippen LogP contribution in [0.4, 0.5) is 0 Å². The molecule has 2 aromatic rings. The van der Waals surface area contributed by atoms with Gasteiger partial charge >= 0.3 is 5.97 Å². The Morgan fingerprint density at radius 3 is 2.50 bits per heavy atom. The number of aryl methyl sites for hydroxylation is 1. The number of halogens is 1. The van der Waals surface area contributed by atoms with Gasteiger partial charge in [-0.3, -0.25) is 4.79 Å². The van der Waals surface area contributed by atoms with E-state index < -0.39 is 17.4 Å². The first-order valence-corrected chi connectivity index (χ1v) is 7.17. The zero-order valence-corrected chi connectivity index (χ0v) is 12.6. The molecule has 22 heavy (non-hydrogen) atoms. The smallest absolute Gasteiger partial charge is 0.329 e. The molecule has 7 heteroatoms. The molecule has 3 rings (SSSR count). The minimum absolute atomic E-state index is 0.363. The summed E-state index contributed by atoms with van der Waals surface area (Å²) in [6.07, 6.45) is 2.50. The van der Waals surface area contributed by atoms with Crippen LogP contribution in [0.1, 0.15) is 28.9 Å². The van der Waals surface area contributed by atoms with Gasteiger partial charge in [-0.25, -0.2) is 9.48 Å². The molecule has 0 radical (unpaired) electrons. The van der Waals surface area contributed by atoms with Gasteiger partial charge in [-0.15, -0.1) is 0 Å². The predicted octanol–water partition coefficient (Wildman–Crippen LogP) is 2.18. The van der Waals surface area contributed by atoms with Crippen molar-refractivity contribution in [2.75, 3.05) is 0 Å². The summed E-state index contributed by atoms with van der Waals surface area (Å²) in [5, 5.41) is 16.6. The van der Waals surface area contributed by atoms with Gasteiger partial charge in [-0.2, -0.15) is 5.10 Å². The average molecular weight is 320 g/mol. The Morgan fingerprint density at radius 1 is 1.32 bits per heavy atom. The van der Waals surface area contributed by atoms with Crippen LogP contribution in [0.5, 0.6) is 0 Å². The molecule has 0 spiro atoms. The number of benzene rings is 1. The maximum Gasteiger partial charge on any atom is 0.329 e. The number of amides is 1. The fourth-order valence-corrected chi connectivity index (χ4v) is 2.34. The van der Waals surface area contributed by atoms with Gasteiger partial charge in [0.1, 0.15) is 5.54 Å². The summed E-state index contributed by atoms with van der Waals surface area (Å²) in [7, 11) is 0. The number of aliphatic carboxylic acids is 1. The van der Waals surface area contributed by atoms with Gasteiger partial charge in [0.05, 0.1) is 16.9 Å². The van der Waals surface area contributed by atoms with Gasteiger partial charge in [0.2, 0.25) is 0 Å². The van der Waals surface area contributed by atoms with E-state index in [2.05, 4.69) is 10.4 Å². The minimum Gasteiger partial charge on any atom is -0.480 e. The van der Waals surface area contributed by atoms with E-state index in [0.29, 0.717) is 29.1 Å². The lowest BCUT2D eigenvalue weighted by Crippen LogP contribution is -2.43. The van der Waals surface area contributed by atoms with E-state index in [1.54, 1.807) is 42.1 Å². The fraction of sp³-hybridized carbons (Fsp3) is 0.267. The number of carboxylic acid groups (broad SMARTS) is 1. The first-order valence-electron chi connectivity index (χ1n) is 6.79. The Hall–Kier alpha value is -2.34. The second-order valence-electron chi connectivity index (χ2n) is 5.39. The molecule has 2 N–H and O–H groups in total. The third-order valence-electron chi connectivity index (χ3n) is 3.75.